The van der Waals surface area contributed by atoms with Crippen LogP contribution in [0.1, 0.15) is 99.8 Å². The Labute approximate surface area is 165 Å². The van der Waals surface area contributed by atoms with Crippen LogP contribution >= 0.6 is 0 Å². The summed E-state index contributed by atoms with van der Waals surface area (Å²) in [7, 11) is 0. The average Bonchev–Trinajstić information content (AvgIpc) is 2.51. The molecule has 3 aliphatic carbocycles. The van der Waals surface area contributed by atoms with Gasteiger partial charge in [0.05, 0.1) is 10.8 Å². The van der Waals surface area contributed by atoms with E-state index < -0.39 is 22.8 Å². The monoisotopic (exact) mass is 380 g/mol. The summed E-state index contributed by atoms with van der Waals surface area (Å²) in [6.45, 7) is 14.9. The third-order valence-corrected chi connectivity index (χ3v) is 8.37. The first-order valence-electron chi connectivity index (χ1n) is 10.7. The van der Waals surface area contributed by atoms with Crippen LogP contribution in [0.4, 0.5) is 0 Å². The first-order chi connectivity index (χ1) is 12.3. The number of rotatable bonds is 7. The van der Waals surface area contributed by atoms with Crippen LogP contribution in [0.3, 0.4) is 0 Å². The van der Waals surface area contributed by atoms with E-state index >= 15 is 0 Å². The van der Waals surface area contributed by atoms with Gasteiger partial charge in [0.1, 0.15) is 0 Å². The van der Waals surface area contributed by atoms with E-state index in [1.54, 1.807) is 13.8 Å². The summed E-state index contributed by atoms with van der Waals surface area (Å²) in [6.07, 6.45) is 6.67. The molecular formula is C23H40O4. The van der Waals surface area contributed by atoms with E-state index in [0.717, 1.165) is 32.1 Å². The van der Waals surface area contributed by atoms with Gasteiger partial charge in [-0.3, -0.25) is 9.59 Å². The summed E-state index contributed by atoms with van der Waals surface area (Å²) in [4.78, 5) is 24.5. The molecule has 3 fully saturated rings. The van der Waals surface area contributed by atoms with Gasteiger partial charge in [-0.2, -0.15) is 0 Å². The van der Waals surface area contributed by atoms with Crippen LogP contribution in [0, 0.1) is 33.0 Å². The van der Waals surface area contributed by atoms with E-state index in [-0.39, 0.29) is 22.7 Å². The summed E-state index contributed by atoms with van der Waals surface area (Å²) in [5.74, 6) is -1.33. The Morgan fingerprint density at radius 3 is 1.52 bits per heavy atom. The summed E-state index contributed by atoms with van der Waals surface area (Å²) in [5, 5.41) is 20.1. The Bertz CT molecular complexity index is 569. The molecule has 27 heavy (non-hydrogen) atoms. The molecule has 4 atom stereocenters. The van der Waals surface area contributed by atoms with Crippen molar-refractivity contribution < 1.29 is 19.8 Å². The minimum absolute atomic E-state index is 0.0388. The van der Waals surface area contributed by atoms with Crippen LogP contribution in [0.25, 0.3) is 0 Å². The Morgan fingerprint density at radius 1 is 0.815 bits per heavy atom. The highest BCUT2D eigenvalue weighted by Crippen LogP contribution is 2.75. The fourth-order valence-electron chi connectivity index (χ4n) is 8.37. The number of hydrogen-bond acceptors (Lipinski definition) is 2. The predicted molar refractivity (Wildman–Crippen MR) is 108 cm³/mol. The Morgan fingerprint density at radius 2 is 1.22 bits per heavy atom. The third kappa shape index (κ3) is 3.31. The first kappa shape index (κ1) is 22.2. The molecule has 0 aromatic heterocycles. The van der Waals surface area contributed by atoms with Crippen molar-refractivity contribution in [2.45, 2.75) is 99.8 Å². The second-order valence-electron chi connectivity index (χ2n) is 11.0. The highest BCUT2D eigenvalue weighted by molar-refractivity contribution is 5.79. The van der Waals surface area contributed by atoms with Crippen LogP contribution in [0.15, 0.2) is 0 Å². The summed E-state index contributed by atoms with van der Waals surface area (Å²) < 4.78 is 0. The van der Waals surface area contributed by atoms with Gasteiger partial charge in [-0.1, -0.05) is 53.9 Å². The second kappa shape index (κ2) is 6.77. The zero-order valence-electron chi connectivity index (χ0n) is 18.4. The molecule has 0 aromatic carbocycles. The number of hydrogen-bond donors (Lipinski definition) is 2. The molecule has 0 amide bonds. The fourth-order valence-corrected chi connectivity index (χ4v) is 8.37. The van der Waals surface area contributed by atoms with Crippen molar-refractivity contribution in [3.05, 3.63) is 0 Å². The zero-order chi connectivity index (χ0) is 20.9. The van der Waals surface area contributed by atoms with Crippen LogP contribution in [0.2, 0.25) is 0 Å². The molecule has 2 N–H and O–H groups in total. The SMILES string of the molecule is CCCC(CC)(CC)C1C2(C)CC(C)(C(=O)O)CC(C)(C(=O)O)CC1(C)C2. The molecule has 0 heterocycles. The summed E-state index contributed by atoms with van der Waals surface area (Å²) >= 11 is 0. The van der Waals surface area contributed by atoms with Crippen LogP contribution in [-0.4, -0.2) is 22.2 Å². The minimum atomic E-state index is -0.999. The minimum Gasteiger partial charge on any atom is -0.481 e. The molecule has 0 radical (unpaired) electrons. The Hall–Kier alpha value is -1.06. The molecule has 0 spiro atoms. The van der Waals surface area contributed by atoms with Gasteiger partial charge < -0.3 is 10.2 Å². The fraction of sp³-hybridized carbons (Fsp3) is 0.913. The topological polar surface area (TPSA) is 74.6 Å². The number of carbonyl (C=O) groups is 2. The smallest absolute Gasteiger partial charge is 0.309 e. The lowest BCUT2D eigenvalue weighted by Gasteiger charge is -2.71. The molecule has 0 saturated heterocycles. The molecule has 3 aliphatic rings. The Balaban J connectivity index is 2.64. The van der Waals surface area contributed by atoms with Gasteiger partial charge >= 0.3 is 11.9 Å². The van der Waals surface area contributed by atoms with Crippen molar-refractivity contribution >= 4 is 11.9 Å². The van der Waals surface area contributed by atoms with Crippen molar-refractivity contribution in [3.63, 3.8) is 0 Å². The predicted octanol–water partition coefficient (Wildman–Crippen LogP) is 5.99. The van der Waals surface area contributed by atoms with E-state index in [9.17, 15) is 19.8 Å². The van der Waals surface area contributed by atoms with Crippen molar-refractivity contribution in [3.8, 4) is 0 Å². The third-order valence-electron chi connectivity index (χ3n) is 8.37. The highest BCUT2D eigenvalue weighted by Gasteiger charge is 2.69. The van der Waals surface area contributed by atoms with Gasteiger partial charge in [-0.15, -0.1) is 0 Å². The van der Waals surface area contributed by atoms with E-state index in [2.05, 4.69) is 34.6 Å². The molecule has 4 unspecified atom stereocenters. The molecular weight excluding hydrogens is 340 g/mol. The van der Waals surface area contributed by atoms with Gasteiger partial charge in [0.15, 0.2) is 0 Å². The van der Waals surface area contributed by atoms with Crippen molar-refractivity contribution in [2.75, 3.05) is 0 Å². The van der Waals surface area contributed by atoms with E-state index in [0.29, 0.717) is 18.8 Å². The van der Waals surface area contributed by atoms with Crippen LogP contribution < -0.4 is 0 Å². The second-order valence-corrected chi connectivity index (χ2v) is 11.0. The molecule has 4 heteroatoms. The molecule has 156 valence electrons. The first-order valence-corrected chi connectivity index (χ1v) is 10.7. The number of aliphatic carboxylic acids is 2. The lowest BCUT2D eigenvalue weighted by molar-refractivity contribution is -0.233. The maximum atomic E-state index is 12.3. The molecule has 3 rings (SSSR count). The maximum Gasteiger partial charge on any atom is 0.309 e. The molecule has 0 aromatic rings. The average molecular weight is 381 g/mol. The maximum absolute atomic E-state index is 12.3. The van der Waals surface area contributed by atoms with Gasteiger partial charge in [0, 0.05) is 0 Å². The standard InChI is InChI=1S/C23H40O4/c1-8-11-23(9-2,10-3)16-19(4)12-20(16,5)14-22(7,18(26)27)15-21(6,13-19)17(24)25/h16H,8-15H2,1-7H3,(H,24,25)(H,26,27). The van der Waals surface area contributed by atoms with E-state index in [1.807, 2.05) is 0 Å². The lowest BCUT2D eigenvalue weighted by atomic mass is 9.33. The van der Waals surface area contributed by atoms with Crippen molar-refractivity contribution in [2.24, 2.45) is 33.0 Å². The van der Waals surface area contributed by atoms with Gasteiger partial charge in [-0.25, -0.2) is 0 Å². The number of carboxylic acid groups (broad SMARTS) is 2. The summed E-state index contributed by atoms with van der Waals surface area (Å²) in [5.41, 5.74) is -1.92. The van der Waals surface area contributed by atoms with Crippen molar-refractivity contribution in [1.82, 2.24) is 0 Å². The van der Waals surface area contributed by atoms with Gasteiger partial charge in [0.25, 0.3) is 0 Å². The van der Waals surface area contributed by atoms with Gasteiger partial charge in [-0.05, 0) is 68.1 Å². The zero-order valence-corrected chi connectivity index (χ0v) is 18.4. The van der Waals surface area contributed by atoms with Crippen LogP contribution in [-0.2, 0) is 9.59 Å². The van der Waals surface area contributed by atoms with Crippen molar-refractivity contribution in [1.29, 1.82) is 0 Å². The Kier molecular flexibility index (Phi) is 5.58. The van der Waals surface area contributed by atoms with E-state index in [4.69, 9.17) is 0 Å². The highest BCUT2D eigenvalue weighted by atomic mass is 16.4. The molecule has 3 saturated carbocycles. The summed E-state index contributed by atoms with van der Waals surface area (Å²) in [6, 6.07) is 0. The largest absolute Gasteiger partial charge is 0.481 e. The van der Waals surface area contributed by atoms with Gasteiger partial charge in [0.2, 0.25) is 0 Å². The molecule has 0 aliphatic heterocycles. The normalized spacial score (nSPS) is 42.0. The van der Waals surface area contributed by atoms with E-state index in [1.165, 1.54) is 0 Å². The number of fused-ring (bicyclic) bond motifs is 4. The quantitative estimate of drug-likeness (QED) is 0.569. The lowest BCUT2D eigenvalue weighted by Crippen LogP contribution is -2.65. The molecule has 2 bridgehead atoms. The molecule has 4 nitrogen and oxygen atoms in total. The number of carboxylic acids is 2. The van der Waals surface area contributed by atoms with Crippen LogP contribution in [0.5, 0.6) is 0 Å².